The van der Waals surface area contributed by atoms with Gasteiger partial charge in [-0.05, 0) is 41.4 Å². The summed E-state index contributed by atoms with van der Waals surface area (Å²) in [6.07, 6.45) is 0. The number of halogens is 2. The minimum absolute atomic E-state index is 0.534. The largest absolute Gasteiger partial charge is 0.325 e. The Hall–Kier alpha value is -1.07. The Bertz CT molecular complexity index is 449. The number of hydrogen-bond acceptors (Lipinski definition) is 2. The Morgan fingerprint density at radius 3 is 2.65 bits per heavy atom. The first kappa shape index (κ1) is 14.0. The van der Waals surface area contributed by atoms with Crippen LogP contribution in [0.15, 0.2) is 22.7 Å². The summed E-state index contributed by atoms with van der Waals surface area (Å²) in [6.45, 7) is 3.39. The number of carbonyl (C=O) groups is 2. The van der Waals surface area contributed by atoms with Crippen molar-refractivity contribution in [2.45, 2.75) is 19.2 Å². The molecule has 1 unspecified atom stereocenters. The minimum Gasteiger partial charge on any atom is -0.307 e. The fraction of sp³-hybridized carbons (Fsp3) is 0.273. The molecule has 17 heavy (non-hydrogen) atoms. The van der Waals surface area contributed by atoms with Gasteiger partial charge in [-0.15, -0.1) is 11.6 Å². The van der Waals surface area contributed by atoms with E-state index in [1.54, 1.807) is 6.07 Å². The van der Waals surface area contributed by atoms with E-state index >= 15 is 0 Å². The average Bonchev–Trinajstić information content (AvgIpc) is 2.24. The highest BCUT2D eigenvalue weighted by molar-refractivity contribution is 9.10. The van der Waals surface area contributed by atoms with Crippen LogP contribution in [0.1, 0.15) is 12.5 Å². The number of carbonyl (C=O) groups excluding carboxylic acids is 2. The number of alkyl halides is 1. The zero-order valence-electron chi connectivity index (χ0n) is 9.38. The lowest BCUT2D eigenvalue weighted by molar-refractivity contribution is -0.119. The Morgan fingerprint density at radius 1 is 1.41 bits per heavy atom. The zero-order valence-corrected chi connectivity index (χ0v) is 11.7. The maximum absolute atomic E-state index is 11.5. The van der Waals surface area contributed by atoms with Gasteiger partial charge in [-0.2, -0.15) is 0 Å². The number of nitrogens with one attached hydrogen (secondary N) is 2. The second-order valence-electron chi connectivity index (χ2n) is 3.50. The van der Waals surface area contributed by atoms with Gasteiger partial charge >= 0.3 is 6.03 Å². The number of hydrogen-bond donors (Lipinski definition) is 2. The third-order valence-electron chi connectivity index (χ3n) is 2.04. The molecule has 1 atom stereocenters. The smallest absolute Gasteiger partial charge is 0.307 e. The van der Waals surface area contributed by atoms with Crippen molar-refractivity contribution in [3.8, 4) is 0 Å². The van der Waals surface area contributed by atoms with Gasteiger partial charge in [0.2, 0.25) is 5.91 Å². The quantitative estimate of drug-likeness (QED) is 0.823. The lowest BCUT2D eigenvalue weighted by Crippen LogP contribution is -2.38. The van der Waals surface area contributed by atoms with E-state index in [0.29, 0.717) is 5.69 Å². The van der Waals surface area contributed by atoms with Crippen molar-refractivity contribution in [1.29, 1.82) is 0 Å². The van der Waals surface area contributed by atoms with E-state index in [4.69, 9.17) is 11.6 Å². The predicted molar refractivity (Wildman–Crippen MR) is 71.4 cm³/mol. The lowest BCUT2D eigenvalue weighted by atomic mass is 10.2. The average molecular weight is 320 g/mol. The van der Waals surface area contributed by atoms with Crippen molar-refractivity contribution in [3.05, 3.63) is 28.2 Å². The van der Waals surface area contributed by atoms with E-state index in [1.807, 2.05) is 19.1 Å². The molecule has 0 aliphatic heterocycles. The first-order valence-corrected chi connectivity index (χ1v) is 6.15. The van der Waals surface area contributed by atoms with Crippen LogP contribution in [0.2, 0.25) is 0 Å². The summed E-state index contributed by atoms with van der Waals surface area (Å²) < 4.78 is 0.779. The summed E-state index contributed by atoms with van der Waals surface area (Å²) >= 11 is 8.88. The number of benzene rings is 1. The third kappa shape index (κ3) is 4.02. The van der Waals surface area contributed by atoms with Crippen molar-refractivity contribution in [3.63, 3.8) is 0 Å². The van der Waals surface area contributed by atoms with Gasteiger partial charge < -0.3 is 5.32 Å². The van der Waals surface area contributed by atoms with Gasteiger partial charge in [-0.25, -0.2) is 4.79 Å². The number of imide groups is 1. The molecule has 0 radical (unpaired) electrons. The van der Waals surface area contributed by atoms with Crippen LogP contribution in [0.4, 0.5) is 10.5 Å². The summed E-state index contributed by atoms with van der Waals surface area (Å²) in [5, 5.41) is 3.94. The normalized spacial score (nSPS) is 11.8. The van der Waals surface area contributed by atoms with Gasteiger partial charge in [0.25, 0.3) is 0 Å². The van der Waals surface area contributed by atoms with Crippen molar-refractivity contribution >= 4 is 45.2 Å². The van der Waals surface area contributed by atoms with Gasteiger partial charge in [0, 0.05) is 4.47 Å². The molecule has 3 amide bonds. The molecule has 0 saturated carbocycles. The Kier molecular flexibility index (Phi) is 4.96. The Balaban J connectivity index is 2.69. The van der Waals surface area contributed by atoms with Crippen molar-refractivity contribution < 1.29 is 9.59 Å². The van der Waals surface area contributed by atoms with E-state index in [9.17, 15) is 9.59 Å². The Morgan fingerprint density at radius 2 is 2.06 bits per heavy atom. The van der Waals surface area contributed by atoms with Crippen LogP contribution in [0.3, 0.4) is 0 Å². The summed E-state index contributed by atoms with van der Waals surface area (Å²) in [6, 6.07) is 4.83. The second kappa shape index (κ2) is 6.02. The standard InChI is InChI=1S/C11H12BrClN2O2/c1-6-4-3-5-8(9(6)12)14-11(17)15-10(16)7(2)13/h3-5,7H,1-2H3,(H2,14,15,16,17). The van der Waals surface area contributed by atoms with Crippen LogP contribution in [-0.4, -0.2) is 17.3 Å². The van der Waals surface area contributed by atoms with E-state index in [-0.39, 0.29) is 0 Å². The predicted octanol–water partition coefficient (Wildman–Crippen LogP) is 3.03. The van der Waals surface area contributed by atoms with Gasteiger partial charge in [0.1, 0.15) is 5.38 Å². The minimum atomic E-state index is -0.748. The topological polar surface area (TPSA) is 58.2 Å². The number of aryl methyl sites for hydroxylation is 1. The zero-order chi connectivity index (χ0) is 13.0. The summed E-state index contributed by atoms with van der Waals surface area (Å²) in [5.41, 5.74) is 1.58. The van der Waals surface area contributed by atoms with Crippen molar-refractivity contribution in [2.24, 2.45) is 0 Å². The molecule has 0 heterocycles. The maximum atomic E-state index is 11.5. The maximum Gasteiger partial charge on any atom is 0.325 e. The van der Waals surface area contributed by atoms with Crippen molar-refractivity contribution in [1.82, 2.24) is 5.32 Å². The molecule has 2 N–H and O–H groups in total. The monoisotopic (exact) mass is 318 g/mol. The SMILES string of the molecule is Cc1cccc(NC(=O)NC(=O)C(C)Cl)c1Br. The van der Waals surface area contributed by atoms with Gasteiger partial charge in [0.15, 0.2) is 0 Å². The molecule has 0 fully saturated rings. The molecular weight excluding hydrogens is 307 g/mol. The van der Waals surface area contributed by atoms with Crippen LogP contribution < -0.4 is 10.6 Å². The summed E-state index contributed by atoms with van der Waals surface area (Å²) in [7, 11) is 0. The molecule has 0 bridgehead atoms. The van der Waals surface area contributed by atoms with Gasteiger partial charge in [0.05, 0.1) is 5.69 Å². The molecule has 1 rings (SSSR count). The molecule has 1 aromatic carbocycles. The third-order valence-corrected chi connectivity index (χ3v) is 3.29. The number of anilines is 1. The van der Waals surface area contributed by atoms with Gasteiger partial charge in [-0.3, -0.25) is 10.1 Å². The van der Waals surface area contributed by atoms with Crippen LogP contribution >= 0.6 is 27.5 Å². The van der Waals surface area contributed by atoms with Crippen LogP contribution in [0, 0.1) is 6.92 Å². The second-order valence-corrected chi connectivity index (χ2v) is 4.94. The van der Waals surface area contributed by atoms with E-state index < -0.39 is 17.3 Å². The molecular formula is C11H12BrClN2O2. The summed E-state index contributed by atoms with van der Waals surface area (Å²) in [5.74, 6) is -0.534. The van der Waals surface area contributed by atoms with Crippen molar-refractivity contribution in [2.75, 3.05) is 5.32 Å². The highest BCUT2D eigenvalue weighted by Gasteiger charge is 2.13. The molecule has 0 aliphatic carbocycles. The molecule has 1 aromatic rings. The van der Waals surface area contributed by atoms with Crippen LogP contribution in [0.5, 0.6) is 0 Å². The van der Waals surface area contributed by atoms with E-state index in [1.165, 1.54) is 6.92 Å². The molecule has 0 aliphatic rings. The van der Waals surface area contributed by atoms with Gasteiger partial charge in [-0.1, -0.05) is 12.1 Å². The van der Waals surface area contributed by atoms with E-state index in [2.05, 4.69) is 26.6 Å². The molecule has 0 saturated heterocycles. The molecule has 0 aromatic heterocycles. The molecule has 0 spiro atoms. The highest BCUT2D eigenvalue weighted by atomic mass is 79.9. The van der Waals surface area contributed by atoms with Crippen LogP contribution in [-0.2, 0) is 4.79 Å². The first-order valence-electron chi connectivity index (χ1n) is 4.93. The fourth-order valence-electron chi connectivity index (χ4n) is 1.11. The number of urea groups is 1. The number of rotatable bonds is 2. The fourth-order valence-corrected chi connectivity index (χ4v) is 1.53. The lowest BCUT2D eigenvalue weighted by Gasteiger charge is -2.10. The first-order chi connectivity index (χ1) is 7.91. The van der Waals surface area contributed by atoms with E-state index in [0.717, 1.165) is 10.0 Å². The molecule has 4 nitrogen and oxygen atoms in total. The molecule has 92 valence electrons. The number of amides is 3. The summed E-state index contributed by atoms with van der Waals surface area (Å²) in [4.78, 5) is 22.6. The Labute approximate surface area is 113 Å². The highest BCUT2D eigenvalue weighted by Crippen LogP contribution is 2.25. The molecule has 6 heteroatoms. The van der Waals surface area contributed by atoms with Crippen LogP contribution in [0.25, 0.3) is 0 Å².